The van der Waals surface area contributed by atoms with Gasteiger partial charge in [0.05, 0.1) is 19.6 Å². The smallest absolute Gasteiger partial charge is 0.341 e. The van der Waals surface area contributed by atoms with Crippen molar-refractivity contribution in [2.75, 3.05) is 31.2 Å². The van der Waals surface area contributed by atoms with E-state index in [1.165, 1.54) is 44.2 Å². The summed E-state index contributed by atoms with van der Waals surface area (Å²) >= 11 is 0. The first-order valence-corrected chi connectivity index (χ1v) is 14.4. The van der Waals surface area contributed by atoms with Gasteiger partial charge in [0.15, 0.2) is 0 Å². The number of piperidine rings is 1. The van der Waals surface area contributed by atoms with Gasteiger partial charge in [-0.25, -0.2) is 4.79 Å². The molecule has 1 aliphatic heterocycles. The summed E-state index contributed by atoms with van der Waals surface area (Å²) in [6, 6.07) is 13.8. The third kappa shape index (κ3) is 7.40. The van der Waals surface area contributed by atoms with Crippen molar-refractivity contribution in [1.82, 2.24) is 5.32 Å². The first kappa shape index (κ1) is 27.7. The van der Waals surface area contributed by atoms with Gasteiger partial charge in [-0.05, 0) is 75.6 Å². The molecule has 2 fully saturated rings. The zero-order valence-corrected chi connectivity index (χ0v) is 23.0. The standard InChI is InChI=1S/C32H42N2O4/c1-3-37-30-22-25(17-18-27(30)32(36)38-4-2)23-31(35)33-28(21-24-13-7-5-8-14-24)26-15-9-10-16-29(26)34-19-11-6-12-20-34/h9-10,15-18,21-22,24H,3-8,11-14,19-20,23H2,1-2H3,(H,33,35). The molecule has 0 radical (unpaired) electrons. The molecule has 0 bridgehead atoms. The Hall–Kier alpha value is -3.28. The number of carbonyl (C=O) groups is 2. The fourth-order valence-corrected chi connectivity index (χ4v) is 5.56. The second kappa shape index (κ2) is 14.0. The summed E-state index contributed by atoms with van der Waals surface area (Å²) in [7, 11) is 0. The minimum absolute atomic E-state index is 0.0770. The van der Waals surface area contributed by atoms with Crippen LogP contribution in [0.15, 0.2) is 48.5 Å². The van der Waals surface area contributed by atoms with E-state index in [4.69, 9.17) is 9.47 Å². The van der Waals surface area contributed by atoms with Crippen LogP contribution in [-0.4, -0.2) is 38.2 Å². The number of benzene rings is 2. The molecule has 1 heterocycles. The number of nitrogens with zero attached hydrogens (tertiary/aromatic N) is 1. The molecule has 204 valence electrons. The predicted molar refractivity (Wildman–Crippen MR) is 152 cm³/mol. The first-order chi connectivity index (χ1) is 18.6. The van der Waals surface area contributed by atoms with Crippen LogP contribution in [0.2, 0.25) is 0 Å². The number of carbonyl (C=O) groups excluding carboxylic acids is 2. The van der Waals surface area contributed by atoms with Crippen molar-refractivity contribution in [2.24, 2.45) is 5.92 Å². The van der Waals surface area contributed by atoms with Gasteiger partial charge in [0.2, 0.25) is 5.91 Å². The molecule has 0 aromatic heterocycles. The van der Waals surface area contributed by atoms with Crippen LogP contribution in [0.1, 0.15) is 86.7 Å². The van der Waals surface area contributed by atoms with E-state index in [9.17, 15) is 9.59 Å². The lowest BCUT2D eigenvalue weighted by Crippen LogP contribution is -2.31. The molecule has 38 heavy (non-hydrogen) atoms. The summed E-state index contributed by atoms with van der Waals surface area (Å²) < 4.78 is 10.9. The van der Waals surface area contributed by atoms with Gasteiger partial charge in [-0.3, -0.25) is 4.79 Å². The molecule has 1 N–H and O–H groups in total. The average Bonchev–Trinajstić information content (AvgIpc) is 2.94. The molecule has 0 unspecified atom stereocenters. The van der Waals surface area contributed by atoms with Crippen molar-refractivity contribution < 1.29 is 19.1 Å². The molecule has 0 spiro atoms. The maximum atomic E-state index is 13.4. The van der Waals surface area contributed by atoms with E-state index in [0.717, 1.165) is 42.8 Å². The van der Waals surface area contributed by atoms with E-state index in [0.29, 0.717) is 30.4 Å². The van der Waals surface area contributed by atoms with Gasteiger partial charge in [0.25, 0.3) is 0 Å². The number of para-hydroxylation sites is 1. The van der Waals surface area contributed by atoms with E-state index in [1.54, 1.807) is 25.1 Å². The molecular formula is C32H42N2O4. The van der Waals surface area contributed by atoms with Gasteiger partial charge in [0.1, 0.15) is 11.3 Å². The largest absolute Gasteiger partial charge is 0.493 e. The monoisotopic (exact) mass is 518 g/mol. The number of allylic oxidation sites excluding steroid dienone is 1. The molecule has 0 atom stereocenters. The Labute approximate surface area is 227 Å². The minimum Gasteiger partial charge on any atom is -0.493 e. The molecular weight excluding hydrogens is 476 g/mol. The highest BCUT2D eigenvalue weighted by molar-refractivity contribution is 5.93. The lowest BCUT2D eigenvalue weighted by molar-refractivity contribution is -0.119. The van der Waals surface area contributed by atoms with Gasteiger partial charge in [-0.2, -0.15) is 0 Å². The molecule has 1 saturated carbocycles. The fraction of sp³-hybridized carbons (Fsp3) is 0.500. The van der Waals surface area contributed by atoms with E-state index >= 15 is 0 Å². The fourth-order valence-electron chi connectivity index (χ4n) is 5.56. The number of amides is 1. The van der Waals surface area contributed by atoms with E-state index in [2.05, 4.69) is 40.6 Å². The van der Waals surface area contributed by atoms with E-state index in [-0.39, 0.29) is 12.3 Å². The Kier molecular flexibility index (Phi) is 10.2. The van der Waals surface area contributed by atoms with Crippen LogP contribution < -0.4 is 15.0 Å². The molecule has 4 rings (SSSR count). The van der Waals surface area contributed by atoms with Crippen molar-refractivity contribution in [3.8, 4) is 5.75 Å². The van der Waals surface area contributed by atoms with Crippen molar-refractivity contribution in [1.29, 1.82) is 0 Å². The number of anilines is 1. The van der Waals surface area contributed by atoms with E-state index < -0.39 is 5.97 Å². The van der Waals surface area contributed by atoms with Crippen LogP contribution in [0.4, 0.5) is 5.69 Å². The second-order valence-corrected chi connectivity index (χ2v) is 10.3. The number of nitrogens with one attached hydrogen (secondary N) is 1. The third-order valence-electron chi connectivity index (χ3n) is 7.42. The van der Waals surface area contributed by atoms with Crippen molar-refractivity contribution in [3.05, 3.63) is 65.2 Å². The molecule has 1 aliphatic carbocycles. The Morgan fingerprint density at radius 2 is 1.66 bits per heavy atom. The Morgan fingerprint density at radius 3 is 2.39 bits per heavy atom. The topological polar surface area (TPSA) is 67.9 Å². The number of hydrogen-bond donors (Lipinski definition) is 1. The van der Waals surface area contributed by atoms with Gasteiger partial charge in [-0.15, -0.1) is 0 Å². The molecule has 6 nitrogen and oxygen atoms in total. The van der Waals surface area contributed by atoms with Crippen LogP contribution in [0.3, 0.4) is 0 Å². The van der Waals surface area contributed by atoms with Crippen molar-refractivity contribution in [3.63, 3.8) is 0 Å². The summed E-state index contributed by atoms with van der Waals surface area (Å²) in [6.07, 6.45) is 12.3. The highest BCUT2D eigenvalue weighted by Gasteiger charge is 2.21. The summed E-state index contributed by atoms with van der Waals surface area (Å²) in [5.74, 6) is 0.428. The average molecular weight is 519 g/mol. The highest BCUT2D eigenvalue weighted by Crippen LogP contribution is 2.32. The first-order valence-electron chi connectivity index (χ1n) is 14.4. The van der Waals surface area contributed by atoms with Crippen LogP contribution in [-0.2, 0) is 16.0 Å². The molecule has 6 heteroatoms. The minimum atomic E-state index is -0.418. The molecule has 2 aromatic carbocycles. The summed E-state index contributed by atoms with van der Waals surface area (Å²) in [5.41, 5.74) is 4.38. The van der Waals surface area contributed by atoms with Gasteiger partial charge in [-0.1, -0.05) is 49.6 Å². The highest BCUT2D eigenvalue weighted by atomic mass is 16.5. The Balaban J connectivity index is 1.58. The van der Waals surface area contributed by atoms with Gasteiger partial charge >= 0.3 is 5.97 Å². The summed E-state index contributed by atoms with van der Waals surface area (Å²) in [4.78, 5) is 28.2. The normalized spacial score (nSPS) is 16.7. The zero-order valence-electron chi connectivity index (χ0n) is 23.0. The second-order valence-electron chi connectivity index (χ2n) is 10.3. The Bertz CT molecular complexity index is 1110. The molecule has 2 aromatic rings. The molecule has 1 saturated heterocycles. The molecule has 2 aliphatic rings. The SMILES string of the molecule is CCOC(=O)c1ccc(CC(=O)NC(=CC2CCCCC2)c2ccccc2N2CCCCC2)cc1OCC. The van der Waals surface area contributed by atoms with Gasteiger partial charge < -0.3 is 19.7 Å². The lowest BCUT2D eigenvalue weighted by Gasteiger charge is -2.31. The predicted octanol–water partition coefficient (Wildman–Crippen LogP) is 6.53. The van der Waals surface area contributed by atoms with Crippen LogP contribution >= 0.6 is 0 Å². The van der Waals surface area contributed by atoms with Crippen LogP contribution in [0, 0.1) is 5.92 Å². The van der Waals surface area contributed by atoms with E-state index in [1.807, 2.05) is 6.92 Å². The zero-order chi connectivity index (χ0) is 26.7. The summed E-state index contributed by atoms with van der Waals surface area (Å²) in [6.45, 7) is 6.46. The maximum Gasteiger partial charge on any atom is 0.341 e. The quantitative estimate of drug-likeness (QED) is 0.362. The molecule has 1 amide bonds. The number of esters is 1. The number of rotatable bonds is 10. The van der Waals surface area contributed by atoms with Crippen molar-refractivity contribution in [2.45, 2.75) is 71.6 Å². The van der Waals surface area contributed by atoms with Crippen LogP contribution in [0.5, 0.6) is 5.75 Å². The lowest BCUT2D eigenvalue weighted by atomic mass is 9.87. The third-order valence-corrected chi connectivity index (χ3v) is 7.42. The number of hydrogen-bond acceptors (Lipinski definition) is 5. The summed E-state index contributed by atoms with van der Waals surface area (Å²) in [5, 5.41) is 3.28. The van der Waals surface area contributed by atoms with Crippen LogP contribution in [0.25, 0.3) is 5.70 Å². The van der Waals surface area contributed by atoms with Gasteiger partial charge in [0, 0.05) is 30.0 Å². The Morgan fingerprint density at radius 1 is 0.921 bits per heavy atom. The maximum absolute atomic E-state index is 13.4. The van der Waals surface area contributed by atoms with Crippen molar-refractivity contribution >= 4 is 23.3 Å². The number of ether oxygens (including phenoxy) is 2.